The first-order valence-corrected chi connectivity index (χ1v) is 12.2. The average molecular weight is 464 g/mol. The molecule has 1 amide bonds. The Morgan fingerprint density at radius 1 is 1.15 bits per heavy atom. The number of hydrogen-bond acceptors (Lipinski definition) is 3. The third-order valence-corrected chi connectivity index (χ3v) is 6.50. The Hall–Kier alpha value is -3.12. The van der Waals surface area contributed by atoms with E-state index < -0.39 is 0 Å². The van der Waals surface area contributed by atoms with E-state index in [-0.39, 0.29) is 11.7 Å². The molecule has 180 valence electrons. The number of hydrogen-bond donors (Lipinski definition) is 1. The van der Waals surface area contributed by atoms with E-state index in [1.54, 1.807) is 6.07 Å². The summed E-state index contributed by atoms with van der Waals surface area (Å²) in [7, 11) is 0. The van der Waals surface area contributed by atoms with Gasteiger partial charge >= 0.3 is 0 Å². The standard InChI is InChI=1S/C28H34FN3O2/c1-4-31(5-2)16-8-15-30-27(33)14-12-22-18-21-19-34-26-10-7-6-9-23(26)28(21)32(22)25-13-11-20(3)17-24(25)29/h6-7,9-11,13,17-18H,4-5,8,12,14-16,19H2,1-3H3,(H,30,33). The van der Waals surface area contributed by atoms with E-state index in [0.29, 0.717) is 31.7 Å². The number of ether oxygens (including phenoxy) is 1. The smallest absolute Gasteiger partial charge is 0.220 e. The molecule has 34 heavy (non-hydrogen) atoms. The number of para-hydroxylation sites is 1. The lowest BCUT2D eigenvalue weighted by Crippen LogP contribution is -2.30. The molecule has 0 atom stereocenters. The van der Waals surface area contributed by atoms with Crippen molar-refractivity contribution in [3.8, 4) is 22.7 Å². The number of aryl methyl sites for hydroxylation is 2. The minimum absolute atomic E-state index is 0.0197. The first-order valence-electron chi connectivity index (χ1n) is 12.2. The highest BCUT2D eigenvalue weighted by Crippen LogP contribution is 2.41. The van der Waals surface area contributed by atoms with E-state index in [9.17, 15) is 4.79 Å². The molecular weight excluding hydrogens is 429 g/mol. The van der Waals surface area contributed by atoms with Gasteiger partial charge in [0.05, 0.1) is 11.4 Å². The molecule has 0 unspecified atom stereocenters. The van der Waals surface area contributed by atoms with Gasteiger partial charge < -0.3 is 19.5 Å². The molecule has 0 radical (unpaired) electrons. The number of nitrogens with zero attached hydrogens (tertiary/aromatic N) is 2. The Balaban J connectivity index is 1.55. The van der Waals surface area contributed by atoms with Crippen LogP contribution in [-0.2, 0) is 17.8 Å². The summed E-state index contributed by atoms with van der Waals surface area (Å²) in [6.07, 6.45) is 1.80. The van der Waals surface area contributed by atoms with E-state index in [4.69, 9.17) is 4.74 Å². The molecule has 6 heteroatoms. The van der Waals surface area contributed by atoms with E-state index in [1.165, 1.54) is 0 Å². The summed E-state index contributed by atoms with van der Waals surface area (Å²) in [6.45, 7) is 10.3. The topological polar surface area (TPSA) is 46.5 Å². The zero-order valence-corrected chi connectivity index (χ0v) is 20.4. The third-order valence-electron chi connectivity index (χ3n) is 6.50. The molecule has 2 aromatic carbocycles. The summed E-state index contributed by atoms with van der Waals surface area (Å²) in [6, 6.07) is 15.2. The van der Waals surface area contributed by atoms with Crippen molar-refractivity contribution < 1.29 is 13.9 Å². The first-order chi connectivity index (χ1) is 16.5. The number of nitrogens with one attached hydrogen (secondary N) is 1. The predicted molar refractivity (Wildman–Crippen MR) is 134 cm³/mol. The molecule has 1 aliphatic rings. The Labute approximate surface area is 201 Å². The molecule has 0 aliphatic carbocycles. The summed E-state index contributed by atoms with van der Waals surface area (Å²) in [5, 5.41) is 3.04. The number of carbonyl (C=O) groups excluding carboxylic acids is 1. The monoisotopic (exact) mass is 463 g/mol. The summed E-state index contributed by atoms with van der Waals surface area (Å²) in [4.78, 5) is 14.9. The first kappa shape index (κ1) is 24.0. The normalized spacial score (nSPS) is 12.3. The lowest BCUT2D eigenvalue weighted by atomic mass is 10.0. The van der Waals surface area contributed by atoms with Gasteiger partial charge in [-0.1, -0.05) is 32.0 Å². The van der Waals surface area contributed by atoms with Crippen LogP contribution in [-0.4, -0.2) is 41.6 Å². The maximum atomic E-state index is 15.1. The highest BCUT2D eigenvalue weighted by atomic mass is 19.1. The fourth-order valence-corrected chi connectivity index (χ4v) is 4.62. The molecule has 4 rings (SSSR count). The molecule has 1 aromatic heterocycles. The molecule has 3 aromatic rings. The summed E-state index contributed by atoms with van der Waals surface area (Å²) in [5.41, 5.74) is 5.17. The molecule has 0 spiro atoms. The van der Waals surface area contributed by atoms with Gasteiger partial charge in [-0.05, 0) is 75.3 Å². The molecule has 0 fully saturated rings. The Kier molecular flexibility index (Phi) is 7.68. The van der Waals surface area contributed by atoms with Gasteiger partial charge in [0.1, 0.15) is 18.2 Å². The molecule has 5 nitrogen and oxygen atoms in total. The van der Waals surface area contributed by atoms with Gasteiger partial charge in [0.2, 0.25) is 5.91 Å². The number of halogens is 1. The van der Waals surface area contributed by atoms with Gasteiger partial charge in [-0.2, -0.15) is 0 Å². The van der Waals surface area contributed by atoms with E-state index in [1.807, 2.05) is 47.9 Å². The molecule has 0 saturated heterocycles. The lowest BCUT2D eigenvalue weighted by molar-refractivity contribution is -0.121. The minimum Gasteiger partial charge on any atom is -0.488 e. The highest BCUT2D eigenvalue weighted by molar-refractivity contribution is 5.77. The van der Waals surface area contributed by atoms with Crippen LogP contribution in [0.25, 0.3) is 16.9 Å². The largest absolute Gasteiger partial charge is 0.488 e. The molecule has 0 saturated carbocycles. The summed E-state index contributed by atoms with van der Waals surface area (Å²) < 4.78 is 23.0. The molecule has 0 bridgehead atoms. The van der Waals surface area contributed by atoms with E-state index in [0.717, 1.165) is 59.9 Å². The van der Waals surface area contributed by atoms with Crippen molar-refractivity contribution in [2.45, 2.75) is 46.6 Å². The average Bonchev–Trinajstić information content (AvgIpc) is 3.21. The zero-order chi connectivity index (χ0) is 24.1. The van der Waals surface area contributed by atoms with Crippen LogP contribution in [0.3, 0.4) is 0 Å². The van der Waals surface area contributed by atoms with Gasteiger partial charge in [0, 0.05) is 29.8 Å². The van der Waals surface area contributed by atoms with Crippen LogP contribution >= 0.6 is 0 Å². The number of aromatic nitrogens is 1. The van der Waals surface area contributed by atoms with Crippen LogP contribution in [0.2, 0.25) is 0 Å². The van der Waals surface area contributed by atoms with Crippen LogP contribution in [0.4, 0.5) is 4.39 Å². The molecule has 1 N–H and O–H groups in total. The second kappa shape index (κ2) is 10.9. The Bertz CT molecular complexity index is 1150. The van der Waals surface area contributed by atoms with Crippen LogP contribution in [0.1, 0.15) is 43.5 Å². The predicted octanol–water partition coefficient (Wildman–Crippen LogP) is 5.26. The van der Waals surface area contributed by atoms with Crippen molar-refractivity contribution >= 4 is 5.91 Å². The Morgan fingerprint density at radius 2 is 1.94 bits per heavy atom. The van der Waals surface area contributed by atoms with Crippen LogP contribution in [0, 0.1) is 12.7 Å². The summed E-state index contributed by atoms with van der Waals surface area (Å²) >= 11 is 0. The maximum absolute atomic E-state index is 15.1. The van der Waals surface area contributed by atoms with Gasteiger partial charge in [-0.25, -0.2) is 4.39 Å². The van der Waals surface area contributed by atoms with Crippen molar-refractivity contribution in [3.05, 3.63) is 71.2 Å². The fraction of sp³-hybridized carbons (Fsp3) is 0.393. The van der Waals surface area contributed by atoms with Gasteiger partial charge in [-0.3, -0.25) is 4.79 Å². The van der Waals surface area contributed by atoms with Crippen LogP contribution in [0.15, 0.2) is 48.5 Å². The van der Waals surface area contributed by atoms with Crippen molar-refractivity contribution in [1.29, 1.82) is 0 Å². The quantitative estimate of drug-likeness (QED) is 0.417. The van der Waals surface area contributed by atoms with Crippen molar-refractivity contribution in [2.24, 2.45) is 0 Å². The molecule has 2 heterocycles. The van der Waals surface area contributed by atoms with Crippen molar-refractivity contribution in [2.75, 3.05) is 26.2 Å². The second-order valence-corrected chi connectivity index (χ2v) is 8.82. The van der Waals surface area contributed by atoms with Gasteiger partial charge in [0.15, 0.2) is 0 Å². The number of rotatable bonds is 10. The van der Waals surface area contributed by atoms with Crippen LogP contribution < -0.4 is 10.1 Å². The number of carbonyl (C=O) groups is 1. The minimum atomic E-state index is -0.274. The SMILES string of the molecule is CCN(CC)CCCNC(=O)CCc1cc2c(n1-c1ccc(C)cc1F)-c1ccccc1OC2. The number of benzene rings is 2. The third kappa shape index (κ3) is 5.17. The van der Waals surface area contributed by atoms with Crippen molar-refractivity contribution in [1.82, 2.24) is 14.8 Å². The van der Waals surface area contributed by atoms with Gasteiger partial charge in [0.25, 0.3) is 0 Å². The van der Waals surface area contributed by atoms with E-state index in [2.05, 4.69) is 30.1 Å². The number of fused-ring (bicyclic) bond motifs is 3. The highest BCUT2D eigenvalue weighted by Gasteiger charge is 2.26. The lowest BCUT2D eigenvalue weighted by Gasteiger charge is -2.21. The summed E-state index contributed by atoms with van der Waals surface area (Å²) in [5.74, 6) is 0.537. The number of amides is 1. The second-order valence-electron chi connectivity index (χ2n) is 8.82. The fourth-order valence-electron chi connectivity index (χ4n) is 4.62. The molecular formula is C28H34FN3O2. The van der Waals surface area contributed by atoms with E-state index >= 15 is 4.39 Å². The van der Waals surface area contributed by atoms with Crippen molar-refractivity contribution in [3.63, 3.8) is 0 Å². The molecule has 1 aliphatic heterocycles. The van der Waals surface area contributed by atoms with Crippen LogP contribution in [0.5, 0.6) is 5.75 Å². The maximum Gasteiger partial charge on any atom is 0.220 e. The Morgan fingerprint density at radius 3 is 2.71 bits per heavy atom. The van der Waals surface area contributed by atoms with Gasteiger partial charge in [-0.15, -0.1) is 0 Å². The zero-order valence-electron chi connectivity index (χ0n) is 20.4.